The molecule has 6 nitrogen and oxygen atoms in total. The number of anilines is 1. The van der Waals surface area contributed by atoms with E-state index < -0.39 is 20.2 Å². The zero-order valence-corrected chi connectivity index (χ0v) is 9.69. The SMILES string of the molecule is CC(C)S(=O)(=O)Nc1cccc([N+](=O)[O-])c1. The Bertz CT molecular complexity index is 496. The zero-order chi connectivity index (χ0) is 12.3. The van der Waals surface area contributed by atoms with Gasteiger partial charge < -0.3 is 0 Å². The maximum absolute atomic E-state index is 11.5. The molecular weight excluding hydrogens is 232 g/mol. The van der Waals surface area contributed by atoms with Crippen LogP contribution in [0.25, 0.3) is 0 Å². The second-order valence-electron chi connectivity index (χ2n) is 3.50. The Balaban J connectivity index is 2.99. The van der Waals surface area contributed by atoms with Gasteiger partial charge in [-0.3, -0.25) is 14.8 Å². The van der Waals surface area contributed by atoms with Gasteiger partial charge in [0.15, 0.2) is 0 Å². The third kappa shape index (κ3) is 2.93. The molecule has 0 spiro atoms. The normalized spacial score (nSPS) is 11.4. The molecule has 0 heterocycles. The minimum absolute atomic E-state index is 0.149. The minimum Gasteiger partial charge on any atom is -0.283 e. The zero-order valence-electron chi connectivity index (χ0n) is 8.88. The number of benzene rings is 1. The quantitative estimate of drug-likeness (QED) is 0.645. The summed E-state index contributed by atoms with van der Waals surface area (Å²) in [5, 5.41) is 9.89. The summed E-state index contributed by atoms with van der Waals surface area (Å²) in [6.45, 7) is 3.05. The van der Waals surface area contributed by atoms with Gasteiger partial charge in [-0.2, -0.15) is 0 Å². The highest BCUT2D eigenvalue weighted by Crippen LogP contribution is 2.18. The van der Waals surface area contributed by atoms with Crippen molar-refractivity contribution in [3.63, 3.8) is 0 Å². The van der Waals surface area contributed by atoms with Crippen molar-refractivity contribution in [3.05, 3.63) is 34.4 Å². The van der Waals surface area contributed by atoms with Gasteiger partial charge >= 0.3 is 0 Å². The van der Waals surface area contributed by atoms with Crippen molar-refractivity contribution in [1.82, 2.24) is 0 Å². The summed E-state index contributed by atoms with van der Waals surface area (Å²) >= 11 is 0. The van der Waals surface area contributed by atoms with Crippen LogP contribution >= 0.6 is 0 Å². The number of hydrogen-bond donors (Lipinski definition) is 1. The van der Waals surface area contributed by atoms with E-state index in [1.165, 1.54) is 38.1 Å². The second kappa shape index (κ2) is 4.48. The maximum atomic E-state index is 11.5. The van der Waals surface area contributed by atoms with E-state index in [1.807, 2.05) is 0 Å². The summed E-state index contributed by atoms with van der Waals surface area (Å²) < 4.78 is 25.3. The van der Waals surface area contributed by atoms with E-state index in [4.69, 9.17) is 0 Å². The second-order valence-corrected chi connectivity index (χ2v) is 5.74. The Morgan fingerprint density at radius 3 is 2.50 bits per heavy atom. The van der Waals surface area contributed by atoms with Crippen LogP contribution in [0.1, 0.15) is 13.8 Å². The van der Waals surface area contributed by atoms with Crippen molar-refractivity contribution in [2.45, 2.75) is 19.1 Å². The number of nitrogens with zero attached hydrogens (tertiary/aromatic N) is 1. The third-order valence-corrected chi connectivity index (χ3v) is 3.70. The average molecular weight is 244 g/mol. The van der Waals surface area contributed by atoms with E-state index in [2.05, 4.69) is 4.72 Å². The smallest absolute Gasteiger partial charge is 0.271 e. The first-order valence-electron chi connectivity index (χ1n) is 4.59. The molecule has 1 rings (SSSR count). The number of nitrogens with one attached hydrogen (secondary N) is 1. The summed E-state index contributed by atoms with van der Waals surface area (Å²) in [6, 6.07) is 5.37. The molecule has 0 radical (unpaired) electrons. The first-order valence-corrected chi connectivity index (χ1v) is 6.13. The van der Waals surface area contributed by atoms with Crippen LogP contribution in [0.3, 0.4) is 0 Å². The molecular formula is C9H12N2O4S. The number of nitro benzene ring substituents is 1. The third-order valence-electron chi connectivity index (χ3n) is 1.94. The molecule has 0 fully saturated rings. The van der Waals surface area contributed by atoms with Crippen molar-refractivity contribution in [2.75, 3.05) is 4.72 Å². The lowest BCUT2D eigenvalue weighted by Gasteiger charge is -2.10. The molecule has 1 aromatic rings. The molecule has 0 amide bonds. The molecule has 0 saturated carbocycles. The van der Waals surface area contributed by atoms with E-state index in [-0.39, 0.29) is 11.4 Å². The van der Waals surface area contributed by atoms with Crippen molar-refractivity contribution in [3.8, 4) is 0 Å². The van der Waals surface area contributed by atoms with E-state index >= 15 is 0 Å². The number of hydrogen-bond acceptors (Lipinski definition) is 4. The first-order chi connectivity index (χ1) is 7.33. The molecule has 0 atom stereocenters. The summed E-state index contributed by atoms with van der Waals surface area (Å²) in [5.41, 5.74) is 0.0480. The van der Waals surface area contributed by atoms with Gasteiger partial charge in [-0.15, -0.1) is 0 Å². The highest BCUT2D eigenvalue weighted by Gasteiger charge is 2.16. The Morgan fingerprint density at radius 1 is 1.38 bits per heavy atom. The van der Waals surface area contributed by atoms with Gasteiger partial charge in [-0.05, 0) is 19.9 Å². The van der Waals surface area contributed by atoms with Gasteiger partial charge in [0.25, 0.3) is 5.69 Å². The van der Waals surface area contributed by atoms with Gasteiger partial charge in [0.05, 0.1) is 15.9 Å². The molecule has 1 N–H and O–H groups in total. The molecule has 0 bridgehead atoms. The van der Waals surface area contributed by atoms with Gasteiger partial charge in [-0.1, -0.05) is 6.07 Å². The molecule has 0 aliphatic rings. The molecule has 0 aliphatic heterocycles. The van der Waals surface area contributed by atoms with Crippen LogP contribution in [-0.4, -0.2) is 18.6 Å². The lowest BCUT2D eigenvalue weighted by molar-refractivity contribution is -0.384. The fourth-order valence-electron chi connectivity index (χ4n) is 0.965. The number of rotatable bonds is 4. The van der Waals surface area contributed by atoms with Gasteiger partial charge in [0.2, 0.25) is 10.0 Å². The summed E-state index contributed by atoms with van der Waals surface area (Å²) in [6.07, 6.45) is 0. The molecule has 88 valence electrons. The maximum Gasteiger partial charge on any atom is 0.271 e. The number of nitro groups is 1. The van der Waals surface area contributed by atoms with E-state index in [0.717, 1.165) is 0 Å². The standard InChI is InChI=1S/C9H12N2O4S/c1-7(2)16(14,15)10-8-4-3-5-9(6-8)11(12)13/h3-7,10H,1-2H3. The largest absolute Gasteiger partial charge is 0.283 e. The van der Waals surface area contributed by atoms with Crippen molar-refractivity contribution >= 4 is 21.4 Å². The fraction of sp³-hybridized carbons (Fsp3) is 0.333. The lowest BCUT2D eigenvalue weighted by Crippen LogP contribution is -2.22. The molecule has 0 aliphatic carbocycles. The van der Waals surface area contributed by atoms with Crippen LogP contribution in [0.5, 0.6) is 0 Å². The minimum atomic E-state index is -3.47. The number of sulfonamides is 1. The summed E-state index contributed by atoms with van der Waals surface area (Å²) in [7, 11) is -3.47. The first kappa shape index (κ1) is 12.4. The van der Waals surface area contributed by atoms with Crippen LogP contribution in [0.4, 0.5) is 11.4 Å². The molecule has 16 heavy (non-hydrogen) atoms. The van der Waals surface area contributed by atoms with Crippen LogP contribution in [0, 0.1) is 10.1 Å². The molecule has 0 aromatic heterocycles. The predicted molar refractivity (Wildman–Crippen MR) is 60.8 cm³/mol. The van der Waals surface area contributed by atoms with Gasteiger partial charge in [-0.25, -0.2) is 8.42 Å². The monoisotopic (exact) mass is 244 g/mol. The molecule has 7 heteroatoms. The van der Waals surface area contributed by atoms with Crippen LogP contribution in [0.2, 0.25) is 0 Å². The van der Waals surface area contributed by atoms with Gasteiger partial charge in [0.1, 0.15) is 0 Å². The van der Waals surface area contributed by atoms with Crippen molar-refractivity contribution in [2.24, 2.45) is 0 Å². The van der Waals surface area contributed by atoms with Crippen LogP contribution in [0.15, 0.2) is 24.3 Å². The summed E-state index contributed by atoms with van der Waals surface area (Å²) in [4.78, 5) is 9.90. The molecule has 1 aromatic carbocycles. The highest BCUT2D eigenvalue weighted by molar-refractivity contribution is 7.93. The van der Waals surface area contributed by atoms with Crippen molar-refractivity contribution in [1.29, 1.82) is 0 Å². The van der Waals surface area contributed by atoms with E-state index in [1.54, 1.807) is 0 Å². The Labute approximate surface area is 93.5 Å². The number of non-ortho nitro benzene ring substituents is 1. The lowest BCUT2D eigenvalue weighted by atomic mass is 10.3. The topological polar surface area (TPSA) is 89.3 Å². The van der Waals surface area contributed by atoms with Crippen molar-refractivity contribution < 1.29 is 13.3 Å². The average Bonchev–Trinajstić information content (AvgIpc) is 2.17. The summed E-state index contributed by atoms with van der Waals surface area (Å²) in [5.74, 6) is 0. The molecule has 0 unspecified atom stereocenters. The van der Waals surface area contributed by atoms with E-state index in [0.29, 0.717) is 0 Å². The highest BCUT2D eigenvalue weighted by atomic mass is 32.2. The Kier molecular flexibility index (Phi) is 3.48. The van der Waals surface area contributed by atoms with Crippen LogP contribution < -0.4 is 4.72 Å². The molecule has 0 saturated heterocycles. The van der Waals surface area contributed by atoms with E-state index in [9.17, 15) is 18.5 Å². The van der Waals surface area contributed by atoms with Crippen LogP contribution in [-0.2, 0) is 10.0 Å². The predicted octanol–water partition coefficient (Wildman–Crippen LogP) is 1.74. The van der Waals surface area contributed by atoms with Gasteiger partial charge in [0, 0.05) is 12.1 Å². The Hall–Kier alpha value is -1.63. The fourth-order valence-corrected chi connectivity index (χ4v) is 1.66. The Morgan fingerprint density at radius 2 is 2.00 bits per heavy atom.